The Morgan fingerprint density at radius 1 is 0.915 bits per heavy atom. The Morgan fingerprint density at radius 3 is 2.19 bits per heavy atom. The third-order valence-corrected chi connectivity index (χ3v) is 10.6. The maximum atomic E-state index is 13.2. The number of likely N-dealkylation sites (tertiary alicyclic amines) is 1. The van der Waals surface area contributed by atoms with Gasteiger partial charge in [-0.1, -0.05) is 36.4 Å². The van der Waals surface area contributed by atoms with Crippen molar-refractivity contribution in [2.24, 2.45) is 5.92 Å². The summed E-state index contributed by atoms with van der Waals surface area (Å²) in [5.74, 6) is -0.0198. The van der Waals surface area contributed by atoms with Gasteiger partial charge >= 0.3 is 5.97 Å². The third kappa shape index (κ3) is 9.18. The Hall–Kier alpha value is -3.80. The fraction of sp³-hybridized carbons (Fsp3) is 0.444. The summed E-state index contributed by atoms with van der Waals surface area (Å²) in [5, 5.41) is 3.00. The van der Waals surface area contributed by atoms with E-state index in [1.165, 1.54) is 12.1 Å². The van der Waals surface area contributed by atoms with E-state index in [1.807, 2.05) is 38.1 Å². The molecule has 2 N–H and O–H groups in total. The highest BCUT2D eigenvalue weighted by Crippen LogP contribution is 2.28. The molecule has 0 bridgehead atoms. The van der Waals surface area contributed by atoms with Gasteiger partial charge in [0, 0.05) is 18.5 Å². The molecule has 2 aliphatic rings. The fourth-order valence-electron chi connectivity index (χ4n) is 6.38. The van der Waals surface area contributed by atoms with Gasteiger partial charge in [-0.15, -0.1) is 0 Å². The molecule has 2 fully saturated rings. The van der Waals surface area contributed by atoms with E-state index in [9.17, 15) is 22.4 Å². The van der Waals surface area contributed by atoms with Gasteiger partial charge in [0.15, 0.2) is 0 Å². The van der Waals surface area contributed by atoms with Crippen molar-refractivity contribution in [1.82, 2.24) is 14.9 Å². The molecule has 3 aromatic carbocycles. The van der Waals surface area contributed by atoms with E-state index in [1.54, 1.807) is 36.4 Å². The van der Waals surface area contributed by atoms with Crippen molar-refractivity contribution >= 4 is 21.9 Å². The highest BCUT2D eigenvalue weighted by atomic mass is 32.2. The number of rotatable bonds is 13. The molecule has 252 valence electrons. The molecule has 1 saturated heterocycles. The SMILES string of the molecule is CCOC(=O)[C@H]1CCCN1CCOc1ccc(-c2ccc(S(=O)(=O)NC3CCC(C(=O)N[C@H](C)c4ccc(F)cc4)CC3)cc2)cc1. The number of carbonyl (C=O) groups is 2. The minimum absolute atomic E-state index is 0.0652. The van der Waals surface area contributed by atoms with Crippen molar-refractivity contribution in [1.29, 1.82) is 0 Å². The number of hydrogen-bond acceptors (Lipinski definition) is 7. The average Bonchev–Trinajstić information content (AvgIpc) is 3.54. The van der Waals surface area contributed by atoms with Crippen molar-refractivity contribution < 1.29 is 31.9 Å². The zero-order valence-corrected chi connectivity index (χ0v) is 27.8. The van der Waals surface area contributed by atoms with E-state index < -0.39 is 10.0 Å². The van der Waals surface area contributed by atoms with Gasteiger partial charge in [0.1, 0.15) is 24.2 Å². The fourth-order valence-corrected chi connectivity index (χ4v) is 7.68. The predicted molar refractivity (Wildman–Crippen MR) is 178 cm³/mol. The Kier molecular flexibility index (Phi) is 11.7. The van der Waals surface area contributed by atoms with Crippen molar-refractivity contribution in [3.05, 3.63) is 84.2 Å². The van der Waals surface area contributed by atoms with E-state index in [0.717, 1.165) is 41.8 Å². The van der Waals surface area contributed by atoms with Crippen molar-refractivity contribution in [2.45, 2.75) is 75.4 Å². The molecule has 1 saturated carbocycles. The second-order valence-electron chi connectivity index (χ2n) is 12.3. The number of amides is 1. The molecule has 11 heteroatoms. The molecule has 1 amide bonds. The molecule has 1 aliphatic carbocycles. The van der Waals surface area contributed by atoms with Crippen LogP contribution in [0.2, 0.25) is 0 Å². The van der Waals surface area contributed by atoms with Crippen LogP contribution in [0.3, 0.4) is 0 Å². The van der Waals surface area contributed by atoms with Crippen LogP contribution in [-0.4, -0.2) is 63.6 Å². The zero-order chi connectivity index (χ0) is 33.4. The Balaban J connectivity index is 1.07. The summed E-state index contributed by atoms with van der Waals surface area (Å²) in [6, 6.07) is 19.8. The van der Waals surface area contributed by atoms with E-state index in [2.05, 4.69) is 14.9 Å². The largest absolute Gasteiger partial charge is 0.492 e. The molecule has 5 rings (SSSR count). The lowest BCUT2D eigenvalue weighted by atomic mass is 9.85. The maximum absolute atomic E-state index is 13.2. The normalized spacial score (nSPS) is 20.8. The highest BCUT2D eigenvalue weighted by molar-refractivity contribution is 7.89. The first-order valence-electron chi connectivity index (χ1n) is 16.4. The molecule has 0 unspecified atom stereocenters. The second-order valence-corrected chi connectivity index (χ2v) is 14.0. The highest BCUT2D eigenvalue weighted by Gasteiger charge is 2.32. The average molecular weight is 666 g/mol. The molecule has 9 nitrogen and oxygen atoms in total. The van der Waals surface area contributed by atoms with Gasteiger partial charge in [-0.05, 0) is 112 Å². The minimum Gasteiger partial charge on any atom is -0.492 e. The number of sulfonamides is 1. The number of carbonyl (C=O) groups excluding carboxylic acids is 2. The molecule has 0 spiro atoms. The van der Waals surface area contributed by atoms with Crippen LogP contribution >= 0.6 is 0 Å². The molecule has 0 aromatic heterocycles. The molecule has 0 radical (unpaired) electrons. The van der Waals surface area contributed by atoms with Gasteiger partial charge in [-0.3, -0.25) is 14.5 Å². The molecule has 3 aromatic rings. The summed E-state index contributed by atoms with van der Waals surface area (Å²) in [4.78, 5) is 27.3. The summed E-state index contributed by atoms with van der Waals surface area (Å²) in [6.45, 7) is 6.02. The van der Waals surface area contributed by atoms with Crippen LogP contribution in [0.5, 0.6) is 5.75 Å². The first-order valence-corrected chi connectivity index (χ1v) is 17.9. The van der Waals surface area contributed by atoms with Gasteiger partial charge < -0.3 is 14.8 Å². The quantitative estimate of drug-likeness (QED) is 0.228. The standard InChI is InChI=1S/C36H44FN3O6S/c1-3-45-36(42)34-5-4-22-40(34)23-24-46-32-18-10-27(11-19-32)28-12-20-33(21-13-28)47(43,44)39-31-16-8-29(9-17-31)35(41)38-25(2)26-6-14-30(37)15-7-26/h6-7,10-15,18-21,25,29,31,34,39H,3-5,8-9,16-17,22-24H2,1-2H3,(H,38,41)/t25-,29?,31?,34-/m1/s1. The molecule has 47 heavy (non-hydrogen) atoms. The van der Waals surface area contributed by atoms with Crippen LogP contribution in [0.1, 0.15) is 64.0 Å². The molecule has 2 atom stereocenters. The van der Waals surface area contributed by atoms with E-state index in [-0.39, 0.29) is 46.6 Å². The number of ether oxygens (including phenoxy) is 2. The maximum Gasteiger partial charge on any atom is 0.323 e. The summed E-state index contributed by atoms with van der Waals surface area (Å²) < 4.78 is 53.5. The van der Waals surface area contributed by atoms with Crippen LogP contribution in [0.25, 0.3) is 11.1 Å². The lowest BCUT2D eigenvalue weighted by molar-refractivity contribution is -0.148. The Bertz CT molecular complexity index is 1590. The number of halogens is 1. The lowest BCUT2D eigenvalue weighted by Gasteiger charge is -2.29. The van der Waals surface area contributed by atoms with Gasteiger partial charge in [0.2, 0.25) is 15.9 Å². The molecule has 1 aliphatic heterocycles. The molecular formula is C36H44FN3O6S. The van der Waals surface area contributed by atoms with Crippen LogP contribution in [0.4, 0.5) is 4.39 Å². The van der Waals surface area contributed by atoms with Crippen LogP contribution in [0.15, 0.2) is 77.7 Å². The topological polar surface area (TPSA) is 114 Å². The first-order chi connectivity index (χ1) is 22.6. The second kappa shape index (κ2) is 15.9. The summed E-state index contributed by atoms with van der Waals surface area (Å²) in [6.07, 6.45) is 4.08. The van der Waals surface area contributed by atoms with Gasteiger partial charge in [-0.25, -0.2) is 17.5 Å². The van der Waals surface area contributed by atoms with E-state index in [0.29, 0.717) is 45.4 Å². The zero-order valence-electron chi connectivity index (χ0n) is 27.0. The summed E-state index contributed by atoms with van der Waals surface area (Å²) in [7, 11) is -3.73. The number of benzene rings is 3. The van der Waals surface area contributed by atoms with Gasteiger partial charge in [0.05, 0.1) is 17.5 Å². The van der Waals surface area contributed by atoms with Crippen molar-refractivity contribution in [3.8, 4) is 16.9 Å². The molecule has 1 heterocycles. The van der Waals surface area contributed by atoms with Gasteiger partial charge in [0.25, 0.3) is 0 Å². The number of nitrogens with one attached hydrogen (secondary N) is 2. The number of hydrogen-bond donors (Lipinski definition) is 2. The first kappa shape index (κ1) is 34.5. The van der Waals surface area contributed by atoms with Crippen molar-refractivity contribution in [3.63, 3.8) is 0 Å². The monoisotopic (exact) mass is 665 g/mol. The smallest absolute Gasteiger partial charge is 0.323 e. The van der Waals surface area contributed by atoms with E-state index in [4.69, 9.17) is 9.47 Å². The summed E-state index contributed by atoms with van der Waals surface area (Å²) in [5.41, 5.74) is 2.64. The molecular weight excluding hydrogens is 621 g/mol. The number of nitrogens with zero attached hydrogens (tertiary/aromatic N) is 1. The predicted octanol–water partition coefficient (Wildman–Crippen LogP) is 5.61. The van der Waals surface area contributed by atoms with Gasteiger partial charge in [-0.2, -0.15) is 0 Å². The van der Waals surface area contributed by atoms with Crippen molar-refractivity contribution in [2.75, 3.05) is 26.3 Å². The van der Waals surface area contributed by atoms with Crippen LogP contribution in [0, 0.1) is 11.7 Å². The Morgan fingerprint density at radius 2 is 1.55 bits per heavy atom. The number of esters is 1. The minimum atomic E-state index is -3.73. The lowest BCUT2D eigenvalue weighted by Crippen LogP contribution is -2.41. The van der Waals surface area contributed by atoms with E-state index >= 15 is 0 Å². The van der Waals surface area contributed by atoms with Crippen LogP contribution in [-0.2, 0) is 24.3 Å². The van der Waals surface area contributed by atoms with Crippen LogP contribution < -0.4 is 14.8 Å². The Labute approximate surface area is 276 Å². The third-order valence-electron chi connectivity index (χ3n) is 9.07. The summed E-state index contributed by atoms with van der Waals surface area (Å²) >= 11 is 0.